The molecule has 0 amide bonds. The lowest BCUT2D eigenvalue weighted by atomic mass is 9.88. The number of aromatic nitrogens is 1. The van der Waals surface area contributed by atoms with E-state index in [9.17, 15) is 0 Å². The van der Waals surface area contributed by atoms with Gasteiger partial charge in [-0.15, -0.1) is 0 Å². The van der Waals surface area contributed by atoms with Crippen molar-refractivity contribution >= 4 is 65.9 Å². The average Bonchev–Trinajstić information content (AvgIpc) is 3.93. The molecular weight excluding hydrogens is 701 g/mol. The van der Waals surface area contributed by atoms with Crippen LogP contribution in [0.1, 0.15) is 17.5 Å². The summed E-state index contributed by atoms with van der Waals surface area (Å²) >= 11 is 0. The molecule has 2 nitrogen and oxygen atoms in total. The van der Waals surface area contributed by atoms with Crippen LogP contribution in [0.5, 0.6) is 0 Å². The van der Waals surface area contributed by atoms with E-state index in [1.165, 1.54) is 116 Å². The smallest absolute Gasteiger partial charge is 0.0633 e. The number of benzene rings is 9. The summed E-state index contributed by atoms with van der Waals surface area (Å²) in [6.45, 7) is 0. The van der Waals surface area contributed by atoms with Crippen LogP contribution in [0.3, 0.4) is 0 Å². The monoisotopic (exact) mass is 736 g/mol. The van der Waals surface area contributed by atoms with Crippen molar-refractivity contribution in [2.75, 3.05) is 4.90 Å². The molecule has 0 saturated carbocycles. The number of allylic oxidation sites excluding steroid dienone is 2. The van der Waals surface area contributed by atoms with E-state index in [0.29, 0.717) is 0 Å². The predicted molar refractivity (Wildman–Crippen MR) is 245 cm³/mol. The van der Waals surface area contributed by atoms with Gasteiger partial charge in [-0.25, -0.2) is 0 Å². The molecule has 2 heteroatoms. The number of hydrogen-bond donors (Lipinski definition) is 0. The molecule has 13 rings (SSSR count). The van der Waals surface area contributed by atoms with Crippen LogP contribution in [0.4, 0.5) is 11.4 Å². The summed E-state index contributed by atoms with van der Waals surface area (Å²) in [6.07, 6.45) is 5.87. The van der Waals surface area contributed by atoms with E-state index in [0.717, 1.165) is 6.42 Å². The van der Waals surface area contributed by atoms with E-state index in [-0.39, 0.29) is 6.04 Å². The Morgan fingerprint density at radius 1 is 0.431 bits per heavy atom. The quantitative estimate of drug-likeness (QED) is 0.175. The summed E-state index contributed by atoms with van der Waals surface area (Å²) in [7, 11) is 0. The minimum absolute atomic E-state index is 0.218. The van der Waals surface area contributed by atoms with Crippen LogP contribution in [0, 0.1) is 0 Å². The zero-order valence-corrected chi connectivity index (χ0v) is 31.7. The Bertz CT molecular complexity index is 3400. The van der Waals surface area contributed by atoms with Crippen LogP contribution in [0.15, 0.2) is 200 Å². The molecule has 9 aromatic carbocycles. The molecule has 0 N–H and O–H groups in total. The Hall–Kier alpha value is -7.42. The Morgan fingerprint density at radius 3 is 2.05 bits per heavy atom. The van der Waals surface area contributed by atoms with E-state index >= 15 is 0 Å². The number of para-hydroxylation sites is 1. The van der Waals surface area contributed by atoms with Crippen molar-refractivity contribution in [2.45, 2.75) is 12.5 Å². The number of anilines is 2. The Labute approximate surface area is 336 Å². The minimum Gasteiger partial charge on any atom is -0.332 e. The zero-order valence-electron chi connectivity index (χ0n) is 31.7. The molecule has 270 valence electrons. The molecule has 1 atom stereocenters. The Kier molecular flexibility index (Phi) is 6.59. The molecule has 3 aliphatic rings. The molecule has 0 radical (unpaired) electrons. The van der Waals surface area contributed by atoms with Gasteiger partial charge < -0.3 is 9.47 Å². The molecule has 1 aromatic heterocycles. The van der Waals surface area contributed by atoms with Crippen molar-refractivity contribution in [2.24, 2.45) is 0 Å². The van der Waals surface area contributed by atoms with Gasteiger partial charge in [-0.05, 0) is 110 Å². The summed E-state index contributed by atoms with van der Waals surface area (Å²) < 4.78 is 2.48. The maximum atomic E-state index is 2.62. The molecular formula is C56H36N2. The van der Waals surface area contributed by atoms with Crippen molar-refractivity contribution in [3.05, 3.63) is 211 Å². The SMILES string of the molecule is C1=C(c2ccc3c(c2)c2ccc4ccccc4c2n3-c2cccc(-c3ccccc3)c2)C=C2c3ccccc3N(c3ccc4c5c(cccc35)-c3ccccc3-4)C2C1. The van der Waals surface area contributed by atoms with Crippen molar-refractivity contribution in [1.82, 2.24) is 4.57 Å². The Balaban J connectivity index is 0.950. The average molecular weight is 737 g/mol. The predicted octanol–water partition coefficient (Wildman–Crippen LogP) is 14.8. The highest BCUT2D eigenvalue weighted by atomic mass is 15.2. The molecule has 0 fully saturated rings. The summed E-state index contributed by atoms with van der Waals surface area (Å²) in [5.41, 5.74) is 19.2. The van der Waals surface area contributed by atoms with Gasteiger partial charge in [-0.2, -0.15) is 0 Å². The van der Waals surface area contributed by atoms with Crippen molar-refractivity contribution in [1.29, 1.82) is 0 Å². The highest BCUT2D eigenvalue weighted by molar-refractivity contribution is 6.21. The first kappa shape index (κ1) is 31.7. The fraction of sp³-hybridized carbons (Fsp3) is 0.0357. The van der Waals surface area contributed by atoms with Crippen LogP contribution in [0.25, 0.3) is 93.6 Å². The summed E-state index contributed by atoms with van der Waals surface area (Å²) in [5.74, 6) is 0. The first-order valence-electron chi connectivity index (χ1n) is 20.4. The fourth-order valence-electron chi connectivity index (χ4n) is 10.5. The molecule has 1 aliphatic heterocycles. The standard InChI is InChI=1S/C56H36N2/c1-2-12-35(13-3-1)37-15-10-16-40(32-37)57-53-29-25-39(34-50(53)47-27-24-36-14-4-5-17-41(36)56(47)57)38-26-30-54-49(33-38)44-20-8-9-23-51(44)58(54)52-31-28-46-43-19-7-6-18-42(43)45-21-11-22-48(52)55(45)46/h1-29,31-34,54H,30H2. The largest absolute Gasteiger partial charge is 0.332 e. The Morgan fingerprint density at radius 2 is 1.16 bits per heavy atom. The lowest BCUT2D eigenvalue weighted by Gasteiger charge is -2.31. The van der Waals surface area contributed by atoms with Gasteiger partial charge in [0.25, 0.3) is 0 Å². The third-order valence-corrected chi connectivity index (χ3v) is 13.0. The van der Waals surface area contributed by atoms with Gasteiger partial charge in [0.05, 0.1) is 17.1 Å². The van der Waals surface area contributed by atoms with Crippen LogP contribution >= 0.6 is 0 Å². The second kappa shape index (κ2) is 12.0. The molecule has 58 heavy (non-hydrogen) atoms. The van der Waals surface area contributed by atoms with Crippen LogP contribution in [-0.4, -0.2) is 10.6 Å². The minimum atomic E-state index is 0.218. The molecule has 1 unspecified atom stereocenters. The van der Waals surface area contributed by atoms with E-state index in [4.69, 9.17) is 0 Å². The second-order valence-electron chi connectivity index (χ2n) is 16.0. The molecule has 0 spiro atoms. The molecule has 0 bridgehead atoms. The number of hydrogen-bond acceptors (Lipinski definition) is 1. The molecule has 0 saturated heterocycles. The third-order valence-electron chi connectivity index (χ3n) is 13.0. The first-order chi connectivity index (χ1) is 28.8. The third kappa shape index (κ3) is 4.43. The van der Waals surface area contributed by atoms with Crippen molar-refractivity contribution in [3.63, 3.8) is 0 Å². The van der Waals surface area contributed by atoms with Crippen LogP contribution in [0.2, 0.25) is 0 Å². The number of nitrogens with zero attached hydrogens (tertiary/aromatic N) is 2. The number of rotatable bonds is 4. The summed E-state index contributed by atoms with van der Waals surface area (Å²) in [5, 5.41) is 7.75. The molecule has 10 aromatic rings. The number of fused-ring (bicyclic) bond motifs is 11. The second-order valence-corrected chi connectivity index (χ2v) is 16.0. The van der Waals surface area contributed by atoms with E-state index in [1.807, 2.05) is 0 Å². The van der Waals surface area contributed by atoms with Gasteiger partial charge in [0.1, 0.15) is 0 Å². The lowest BCUT2D eigenvalue weighted by molar-refractivity contribution is 0.834. The topological polar surface area (TPSA) is 8.17 Å². The molecule has 2 heterocycles. The summed E-state index contributed by atoms with van der Waals surface area (Å²) in [6, 6.07) is 69.9. The van der Waals surface area contributed by atoms with E-state index in [1.54, 1.807) is 0 Å². The maximum absolute atomic E-state index is 2.62. The van der Waals surface area contributed by atoms with E-state index < -0.39 is 0 Å². The zero-order chi connectivity index (χ0) is 37.9. The normalized spacial score (nSPS) is 15.2. The highest BCUT2D eigenvalue weighted by Gasteiger charge is 2.37. The fourth-order valence-corrected chi connectivity index (χ4v) is 10.5. The first-order valence-corrected chi connectivity index (χ1v) is 20.4. The van der Waals surface area contributed by atoms with E-state index in [2.05, 4.69) is 210 Å². The maximum Gasteiger partial charge on any atom is 0.0633 e. The van der Waals surface area contributed by atoms with Gasteiger partial charge in [0, 0.05) is 44.2 Å². The van der Waals surface area contributed by atoms with Gasteiger partial charge in [-0.1, -0.05) is 158 Å². The van der Waals surface area contributed by atoms with Gasteiger partial charge in [-0.3, -0.25) is 0 Å². The van der Waals surface area contributed by atoms with Crippen LogP contribution < -0.4 is 4.90 Å². The summed E-state index contributed by atoms with van der Waals surface area (Å²) in [4.78, 5) is 2.62. The van der Waals surface area contributed by atoms with Crippen molar-refractivity contribution in [3.8, 4) is 39.1 Å². The van der Waals surface area contributed by atoms with Crippen molar-refractivity contribution < 1.29 is 0 Å². The van der Waals surface area contributed by atoms with Gasteiger partial charge in [0.15, 0.2) is 0 Å². The highest BCUT2D eigenvalue weighted by Crippen LogP contribution is 2.54. The van der Waals surface area contributed by atoms with Crippen LogP contribution in [-0.2, 0) is 0 Å². The molecule has 2 aliphatic carbocycles. The van der Waals surface area contributed by atoms with Gasteiger partial charge >= 0.3 is 0 Å². The lowest BCUT2D eigenvalue weighted by Crippen LogP contribution is -2.27. The van der Waals surface area contributed by atoms with Gasteiger partial charge in [0.2, 0.25) is 0 Å².